The van der Waals surface area contributed by atoms with E-state index in [2.05, 4.69) is 21.2 Å². The number of thiazole rings is 1. The van der Waals surface area contributed by atoms with Gasteiger partial charge in [0.2, 0.25) is 17.7 Å². The van der Waals surface area contributed by atoms with Crippen LogP contribution in [0.25, 0.3) is 0 Å². The van der Waals surface area contributed by atoms with E-state index in [1.54, 1.807) is 48.5 Å². The first-order valence-corrected chi connectivity index (χ1v) is 15.2. The third-order valence-electron chi connectivity index (χ3n) is 7.00. The number of hydrogen-bond acceptors (Lipinski definition) is 6. The Kier molecular flexibility index (Phi) is 7.20. The van der Waals surface area contributed by atoms with Gasteiger partial charge >= 0.3 is 4.87 Å². The number of hydrogen-bond donors (Lipinski definition) is 1. The highest BCUT2D eigenvalue weighted by atomic mass is 79.9. The molecule has 7 nitrogen and oxygen atoms in total. The zero-order valence-electron chi connectivity index (χ0n) is 21.0. The van der Waals surface area contributed by atoms with Crippen LogP contribution in [0.3, 0.4) is 0 Å². The maximum absolute atomic E-state index is 13.9. The van der Waals surface area contributed by atoms with Crippen LogP contribution in [0.2, 0.25) is 5.02 Å². The Hall–Kier alpha value is -3.18. The zero-order valence-corrected chi connectivity index (χ0v) is 24.9. The number of rotatable bonds is 5. The number of benzene rings is 3. The third-order valence-corrected chi connectivity index (χ3v) is 10.4. The van der Waals surface area contributed by atoms with Gasteiger partial charge < -0.3 is 5.32 Å². The van der Waals surface area contributed by atoms with E-state index in [-0.39, 0.29) is 29.1 Å². The van der Waals surface area contributed by atoms with Crippen molar-refractivity contribution in [2.24, 2.45) is 5.92 Å². The van der Waals surface area contributed by atoms with Crippen LogP contribution < -0.4 is 15.1 Å². The van der Waals surface area contributed by atoms with E-state index in [4.69, 9.17) is 11.6 Å². The van der Waals surface area contributed by atoms with E-state index in [0.29, 0.717) is 26.3 Å². The molecule has 202 valence electrons. The van der Waals surface area contributed by atoms with Crippen molar-refractivity contribution in [2.75, 3.05) is 10.2 Å². The van der Waals surface area contributed by atoms with Crippen LogP contribution in [0.5, 0.6) is 0 Å². The Balaban J connectivity index is 1.40. The third kappa shape index (κ3) is 4.83. The van der Waals surface area contributed by atoms with Gasteiger partial charge in [0.15, 0.2) is 0 Å². The van der Waals surface area contributed by atoms with Gasteiger partial charge in [0.05, 0.1) is 16.6 Å². The number of nitrogens with one attached hydrogen (secondary N) is 1. The topological polar surface area (TPSA) is 88.5 Å². The molecule has 0 aliphatic carbocycles. The van der Waals surface area contributed by atoms with Crippen molar-refractivity contribution >= 4 is 79.7 Å². The molecule has 40 heavy (non-hydrogen) atoms. The van der Waals surface area contributed by atoms with Crippen LogP contribution >= 0.6 is 50.6 Å². The second-order valence-electron chi connectivity index (χ2n) is 9.62. The number of aryl methyl sites for hydroxylation is 1. The molecule has 4 aromatic rings. The molecule has 11 heteroatoms. The van der Waals surface area contributed by atoms with Crippen molar-refractivity contribution in [3.8, 4) is 0 Å². The van der Waals surface area contributed by atoms with Crippen molar-refractivity contribution in [3.63, 3.8) is 0 Å². The largest absolute Gasteiger partial charge is 0.325 e. The number of carbonyl (C=O) groups excluding carboxylic acids is 3. The maximum Gasteiger partial charge on any atom is 0.308 e. The molecule has 0 spiro atoms. The molecule has 1 saturated heterocycles. The van der Waals surface area contributed by atoms with E-state index < -0.39 is 17.1 Å². The normalized spacial score (nSPS) is 19.9. The van der Waals surface area contributed by atoms with E-state index in [1.807, 2.05) is 31.2 Å². The number of thioether (sulfide) groups is 1. The summed E-state index contributed by atoms with van der Waals surface area (Å²) in [6.07, 6.45) is 0. The SMILES string of the molecule is Cc1ccc(NC(=O)Cn2c3c(sc2=O)[C@@H](c2ccc(Cl)cc2)[C@H]2C(=O)N(c4ccc(Br)cc4)C(=O)[C@H]2S3)cc1. The molecule has 3 aromatic carbocycles. The lowest BCUT2D eigenvalue weighted by Gasteiger charge is -2.30. The number of carbonyl (C=O) groups is 3. The zero-order chi connectivity index (χ0) is 28.1. The van der Waals surface area contributed by atoms with Gasteiger partial charge in [-0.1, -0.05) is 80.5 Å². The average molecular weight is 655 g/mol. The summed E-state index contributed by atoms with van der Waals surface area (Å²) in [7, 11) is 0. The maximum atomic E-state index is 13.9. The second kappa shape index (κ2) is 10.7. The van der Waals surface area contributed by atoms with Crippen LogP contribution in [0.15, 0.2) is 87.1 Å². The summed E-state index contributed by atoms with van der Waals surface area (Å²) in [5.74, 6) is -2.29. The minimum absolute atomic E-state index is 0.213. The number of fused-ring (bicyclic) bond motifs is 2. The fraction of sp³-hybridized carbons (Fsp3) is 0.172. The predicted octanol–water partition coefficient (Wildman–Crippen LogP) is 6.07. The Morgan fingerprint density at radius 1 is 0.950 bits per heavy atom. The van der Waals surface area contributed by atoms with E-state index in [0.717, 1.165) is 26.9 Å². The lowest BCUT2D eigenvalue weighted by Crippen LogP contribution is -2.33. The van der Waals surface area contributed by atoms with Gasteiger partial charge in [-0.3, -0.25) is 23.7 Å². The Morgan fingerprint density at radius 2 is 1.62 bits per heavy atom. The van der Waals surface area contributed by atoms with E-state index in [9.17, 15) is 19.2 Å². The van der Waals surface area contributed by atoms with Crippen molar-refractivity contribution in [1.82, 2.24) is 4.57 Å². The standard InChI is InChI=1S/C29H21BrClN3O4S2/c1-15-2-10-19(11-3-15)32-21(35)14-33-28-25(40-29(33)38)22(16-4-8-18(31)9-5-16)23-24(39-28)27(37)34(26(23)36)20-12-6-17(30)7-13-20/h2-13,22-24H,14H2,1H3,(H,32,35)/t22-,23+,24-/m0/s1. The van der Waals surface area contributed by atoms with Crippen LogP contribution in [-0.2, 0) is 20.9 Å². The van der Waals surface area contributed by atoms with Gasteiger partial charge in [-0.15, -0.1) is 0 Å². The van der Waals surface area contributed by atoms with Gasteiger partial charge in [0, 0.05) is 26.0 Å². The first kappa shape index (κ1) is 27.0. The monoisotopic (exact) mass is 653 g/mol. The summed E-state index contributed by atoms with van der Waals surface area (Å²) >= 11 is 11.8. The van der Waals surface area contributed by atoms with Crippen LogP contribution in [0, 0.1) is 12.8 Å². The molecule has 3 heterocycles. The lowest BCUT2D eigenvalue weighted by atomic mass is 9.83. The molecule has 0 radical (unpaired) electrons. The summed E-state index contributed by atoms with van der Waals surface area (Å²) in [6, 6.07) is 21.5. The van der Waals surface area contributed by atoms with Crippen molar-refractivity contribution in [3.05, 3.63) is 108 Å². The molecule has 0 saturated carbocycles. The number of nitrogens with zero attached hydrogens (tertiary/aromatic N) is 2. The van der Waals surface area contributed by atoms with Gasteiger partial charge in [-0.2, -0.15) is 0 Å². The molecule has 6 rings (SSSR count). The van der Waals surface area contributed by atoms with E-state index in [1.165, 1.54) is 21.2 Å². The summed E-state index contributed by atoms with van der Waals surface area (Å²) in [5.41, 5.74) is 2.95. The quantitative estimate of drug-likeness (QED) is 0.264. The fourth-order valence-corrected chi connectivity index (χ4v) is 8.27. The summed E-state index contributed by atoms with van der Waals surface area (Å²) in [5, 5.41) is 3.15. The molecule has 2 aliphatic rings. The Bertz CT molecular complexity index is 1700. The molecule has 3 atom stereocenters. The molecule has 1 aromatic heterocycles. The number of imide groups is 1. The molecule has 3 amide bonds. The average Bonchev–Trinajstić information content (AvgIpc) is 3.37. The minimum Gasteiger partial charge on any atom is -0.325 e. The van der Waals surface area contributed by atoms with Gasteiger partial charge in [-0.25, -0.2) is 4.90 Å². The lowest BCUT2D eigenvalue weighted by molar-refractivity contribution is -0.122. The summed E-state index contributed by atoms with van der Waals surface area (Å²) < 4.78 is 2.24. The molecule has 0 unspecified atom stereocenters. The summed E-state index contributed by atoms with van der Waals surface area (Å²) in [6.45, 7) is 1.74. The number of amides is 3. The van der Waals surface area contributed by atoms with E-state index >= 15 is 0 Å². The first-order chi connectivity index (χ1) is 19.2. The molecule has 2 aliphatic heterocycles. The van der Waals surface area contributed by atoms with Gasteiger partial charge in [0.25, 0.3) is 0 Å². The fourth-order valence-electron chi connectivity index (χ4n) is 5.11. The number of halogens is 2. The Labute approximate surface area is 251 Å². The Morgan fingerprint density at radius 3 is 2.30 bits per heavy atom. The molecule has 1 fully saturated rings. The molecule has 0 bridgehead atoms. The highest BCUT2D eigenvalue weighted by Gasteiger charge is 2.56. The number of aromatic nitrogens is 1. The highest BCUT2D eigenvalue weighted by molar-refractivity contribution is 9.10. The van der Waals surface area contributed by atoms with Crippen molar-refractivity contribution < 1.29 is 14.4 Å². The molecule has 1 N–H and O–H groups in total. The van der Waals surface area contributed by atoms with Gasteiger partial charge in [0.1, 0.15) is 11.8 Å². The van der Waals surface area contributed by atoms with Crippen LogP contribution in [0.4, 0.5) is 11.4 Å². The summed E-state index contributed by atoms with van der Waals surface area (Å²) in [4.78, 5) is 55.5. The first-order valence-electron chi connectivity index (χ1n) is 12.4. The van der Waals surface area contributed by atoms with Crippen molar-refractivity contribution in [1.29, 1.82) is 0 Å². The highest BCUT2D eigenvalue weighted by Crippen LogP contribution is 2.54. The molecular formula is C29H21BrClN3O4S2. The van der Waals surface area contributed by atoms with Gasteiger partial charge in [-0.05, 0) is 61.0 Å². The minimum atomic E-state index is -0.760. The van der Waals surface area contributed by atoms with Crippen LogP contribution in [-0.4, -0.2) is 27.5 Å². The number of anilines is 2. The second-order valence-corrected chi connectivity index (χ2v) is 13.1. The van der Waals surface area contributed by atoms with Crippen LogP contribution in [0.1, 0.15) is 21.9 Å². The predicted molar refractivity (Wildman–Crippen MR) is 161 cm³/mol. The molecular weight excluding hydrogens is 634 g/mol. The van der Waals surface area contributed by atoms with Crippen molar-refractivity contribution in [2.45, 2.75) is 29.7 Å². The smallest absolute Gasteiger partial charge is 0.308 e.